The van der Waals surface area contributed by atoms with Crippen LogP contribution in [0.3, 0.4) is 0 Å². The first-order valence-electron chi connectivity index (χ1n) is 7.22. The van der Waals surface area contributed by atoms with E-state index in [9.17, 15) is 0 Å². The van der Waals surface area contributed by atoms with Crippen LogP contribution in [-0.4, -0.2) is 18.1 Å². The van der Waals surface area contributed by atoms with Crippen molar-refractivity contribution in [1.82, 2.24) is 10.3 Å². The van der Waals surface area contributed by atoms with E-state index < -0.39 is 0 Å². The zero-order valence-electron chi connectivity index (χ0n) is 12.2. The number of hydrogen-bond acceptors (Lipinski definition) is 4. The molecule has 0 aliphatic carbocycles. The molecule has 1 aromatic carbocycles. The average Bonchev–Trinajstić information content (AvgIpc) is 2.95. The summed E-state index contributed by atoms with van der Waals surface area (Å²) in [6.45, 7) is 6.59. The lowest BCUT2D eigenvalue weighted by molar-refractivity contribution is 0.317. The van der Waals surface area contributed by atoms with Gasteiger partial charge in [-0.1, -0.05) is 26.0 Å². The fraction of sp³-hybridized carbons (Fsp3) is 0.438. The van der Waals surface area contributed by atoms with Gasteiger partial charge >= 0.3 is 0 Å². The van der Waals surface area contributed by atoms with Crippen LogP contribution >= 0.6 is 0 Å². The molecule has 0 bridgehead atoms. The molecule has 0 unspecified atom stereocenters. The highest BCUT2D eigenvalue weighted by atomic mass is 16.5. The number of oxazole rings is 1. The van der Waals surface area contributed by atoms with Crippen molar-refractivity contribution >= 4 is 0 Å². The second-order valence-corrected chi connectivity index (χ2v) is 4.67. The van der Waals surface area contributed by atoms with Gasteiger partial charge in [-0.25, -0.2) is 4.98 Å². The number of ether oxygens (including phenoxy) is 1. The van der Waals surface area contributed by atoms with Crippen LogP contribution in [0.2, 0.25) is 0 Å². The SMILES string of the molecule is CCCNCc1ncc(-c2cccc(OCCC)c2)o1. The Balaban J connectivity index is 2.03. The number of hydrogen-bond donors (Lipinski definition) is 1. The standard InChI is InChI=1S/C16H22N2O2/c1-3-8-17-12-16-18-11-15(20-16)13-6-5-7-14(10-13)19-9-4-2/h5-7,10-11,17H,3-4,8-9,12H2,1-2H3. The highest BCUT2D eigenvalue weighted by Gasteiger charge is 2.07. The molecule has 4 heteroatoms. The maximum absolute atomic E-state index is 5.75. The van der Waals surface area contributed by atoms with E-state index in [2.05, 4.69) is 24.1 Å². The summed E-state index contributed by atoms with van der Waals surface area (Å²) in [7, 11) is 0. The summed E-state index contributed by atoms with van der Waals surface area (Å²) in [5, 5.41) is 3.27. The monoisotopic (exact) mass is 274 g/mol. The third-order valence-electron chi connectivity index (χ3n) is 2.85. The van der Waals surface area contributed by atoms with Crippen LogP contribution in [0.15, 0.2) is 34.9 Å². The van der Waals surface area contributed by atoms with Crippen LogP contribution in [-0.2, 0) is 6.54 Å². The molecule has 4 nitrogen and oxygen atoms in total. The Labute approximate surface area is 120 Å². The summed E-state index contributed by atoms with van der Waals surface area (Å²) >= 11 is 0. The van der Waals surface area contributed by atoms with Gasteiger partial charge in [0.1, 0.15) is 5.75 Å². The van der Waals surface area contributed by atoms with Crippen molar-refractivity contribution in [2.45, 2.75) is 33.2 Å². The second-order valence-electron chi connectivity index (χ2n) is 4.67. The fourth-order valence-electron chi connectivity index (χ4n) is 1.86. The Kier molecular flexibility index (Phi) is 5.62. The molecule has 0 spiro atoms. The van der Waals surface area contributed by atoms with E-state index in [0.717, 1.165) is 43.1 Å². The van der Waals surface area contributed by atoms with E-state index in [1.165, 1.54) is 0 Å². The Morgan fingerprint density at radius 1 is 1.25 bits per heavy atom. The number of benzene rings is 1. The minimum Gasteiger partial charge on any atom is -0.494 e. The highest BCUT2D eigenvalue weighted by Crippen LogP contribution is 2.24. The third kappa shape index (κ3) is 4.10. The predicted molar refractivity (Wildman–Crippen MR) is 79.7 cm³/mol. The summed E-state index contributed by atoms with van der Waals surface area (Å²) in [4.78, 5) is 4.29. The van der Waals surface area contributed by atoms with E-state index in [1.807, 2.05) is 24.3 Å². The second kappa shape index (κ2) is 7.70. The minimum absolute atomic E-state index is 0.667. The van der Waals surface area contributed by atoms with Crippen LogP contribution < -0.4 is 10.1 Å². The number of rotatable bonds is 8. The van der Waals surface area contributed by atoms with Crippen molar-refractivity contribution in [3.8, 4) is 17.1 Å². The zero-order chi connectivity index (χ0) is 14.2. The first-order chi connectivity index (χ1) is 9.83. The van der Waals surface area contributed by atoms with Gasteiger partial charge in [0, 0.05) is 5.56 Å². The van der Waals surface area contributed by atoms with Gasteiger partial charge in [-0.15, -0.1) is 0 Å². The summed E-state index contributed by atoms with van der Waals surface area (Å²) < 4.78 is 11.4. The van der Waals surface area contributed by atoms with Gasteiger partial charge < -0.3 is 14.5 Å². The van der Waals surface area contributed by atoms with Gasteiger partial charge in [0.25, 0.3) is 0 Å². The number of nitrogens with zero attached hydrogens (tertiary/aromatic N) is 1. The Morgan fingerprint density at radius 3 is 2.95 bits per heavy atom. The third-order valence-corrected chi connectivity index (χ3v) is 2.85. The summed E-state index contributed by atoms with van der Waals surface area (Å²) in [6.07, 6.45) is 3.87. The van der Waals surface area contributed by atoms with Crippen molar-refractivity contribution in [2.75, 3.05) is 13.2 Å². The topological polar surface area (TPSA) is 47.3 Å². The molecule has 0 radical (unpaired) electrons. The van der Waals surface area contributed by atoms with Crippen LogP contribution in [0.25, 0.3) is 11.3 Å². The van der Waals surface area contributed by atoms with Crippen LogP contribution in [0, 0.1) is 0 Å². The van der Waals surface area contributed by atoms with Crippen LogP contribution in [0.5, 0.6) is 5.75 Å². The Morgan fingerprint density at radius 2 is 2.15 bits per heavy atom. The first kappa shape index (κ1) is 14.6. The van der Waals surface area contributed by atoms with E-state index in [-0.39, 0.29) is 0 Å². The molecule has 2 aromatic rings. The molecule has 0 aliphatic heterocycles. The quantitative estimate of drug-likeness (QED) is 0.747. The van der Waals surface area contributed by atoms with Crippen LogP contribution in [0.1, 0.15) is 32.6 Å². The van der Waals surface area contributed by atoms with E-state index >= 15 is 0 Å². The van der Waals surface area contributed by atoms with Crippen molar-refractivity contribution in [1.29, 1.82) is 0 Å². The van der Waals surface area contributed by atoms with Crippen LogP contribution in [0.4, 0.5) is 0 Å². The Bertz CT molecular complexity index is 523. The van der Waals surface area contributed by atoms with Gasteiger partial charge in [0.2, 0.25) is 5.89 Å². The lowest BCUT2D eigenvalue weighted by atomic mass is 10.2. The maximum atomic E-state index is 5.75. The van der Waals surface area contributed by atoms with Gasteiger partial charge in [-0.3, -0.25) is 0 Å². The zero-order valence-corrected chi connectivity index (χ0v) is 12.2. The summed E-state index contributed by atoms with van der Waals surface area (Å²) in [5.74, 6) is 2.36. The smallest absolute Gasteiger partial charge is 0.208 e. The molecule has 0 saturated carbocycles. The molecule has 20 heavy (non-hydrogen) atoms. The van der Waals surface area contributed by atoms with E-state index in [4.69, 9.17) is 9.15 Å². The lowest BCUT2D eigenvalue weighted by Crippen LogP contribution is -2.13. The molecular formula is C16H22N2O2. The molecule has 1 N–H and O–H groups in total. The molecule has 0 aliphatic rings. The highest BCUT2D eigenvalue weighted by molar-refractivity contribution is 5.58. The largest absolute Gasteiger partial charge is 0.494 e. The number of aromatic nitrogens is 1. The van der Waals surface area contributed by atoms with E-state index in [0.29, 0.717) is 12.4 Å². The molecule has 1 aromatic heterocycles. The molecule has 0 fully saturated rings. The molecule has 0 saturated heterocycles. The molecule has 2 rings (SSSR count). The van der Waals surface area contributed by atoms with Crippen molar-refractivity contribution in [2.24, 2.45) is 0 Å². The van der Waals surface area contributed by atoms with Crippen molar-refractivity contribution < 1.29 is 9.15 Å². The molecule has 0 amide bonds. The average molecular weight is 274 g/mol. The Hall–Kier alpha value is -1.81. The molecule has 1 heterocycles. The van der Waals surface area contributed by atoms with Gasteiger partial charge in [-0.2, -0.15) is 0 Å². The van der Waals surface area contributed by atoms with Gasteiger partial charge in [0.05, 0.1) is 19.3 Å². The fourth-order valence-corrected chi connectivity index (χ4v) is 1.86. The van der Waals surface area contributed by atoms with Gasteiger partial charge in [0.15, 0.2) is 5.76 Å². The van der Waals surface area contributed by atoms with E-state index in [1.54, 1.807) is 6.20 Å². The summed E-state index contributed by atoms with van der Waals surface area (Å²) in [6, 6.07) is 7.92. The van der Waals surface area contributed by atoms with Crippen molar-refractivity contribution in [3.05, 3.63) is 36.4 Å². The van der Waals surface area contributed by atoms with Gasteiger partial charge in [-0.05, 0) is 31.5 Å². The molecule has 108 valence electrons. The maximum Gasteiger partial charge on any atom is 0.208 e. The predicted octanol–water partition coefficient (Wildman–Crippen LogP) is 3.63. The van der Waals surface area contributed by atoms with Crippen molar-refractivity contribution in [3.63, 3.8) is 0 Å². The lowest BCUT2D eigenvalue weighted by Gasteiger charge is -2.05. The normalized spacial score (nSPS) is 10.7. The molecular weight excluding hydrogens is 252 g/mol. The number of nitrogens with one attached hydrogen (secondary N) is 1. The first-order valence-corrected chi connectivity index (χ1v) is 7.22. The molecule has 0 atom stereocenters. The summed E-state index contributed by atoms with van der Waals surface area (Å²) in [5.41, 5.74) is 0.993. The minimum atomic E-state index is 0.667.